The van der Waals surface area contributed by atoms with Crippen LogP contribution in [0.3, 0.4) is 0 Å². The summed E-state index contributed by atoms with van der Waals surface area (Å²) < 4.78 is 0. The normalized spacial score (nSPS) is 19.3. The van der Waals surface area contributed by atoms with Crippen LogP contribution >= 0.6 is 0 Å². The number of likely N-dealkylation sites (tertiary alicyclic amines) is 2. The molecule has 8 N–H and O–H groups in total. The third-order valence-corrected chi connectivity index (χ3v) is 8.64. The fourth-order valence-corrected chi connectivity index (χ4v) is 6.23. The van der Waals surface area contributed by atoms with Crippen molar-refractivity contribution in [3.05, 3.63) is 71.8 Å². The van der Waals surface area contributed by atoms with Crippen molar-refractivity contribution < 1.29 is 24.0 Å². The minimum absolute atomic E-state index is 0.180. The number of rotatable bonds is 15. The molecule has 13 heteroatoms. The Kier molecular flexibility index (Phi) is 12.9. The van der Waals surface area contributed by atoms with E-state index in [0.717, 1.165) is 11.1 Å². The van der Waals surface area contributed by atoms with E-state index in [1.807, 2.05) is 66.9 Å². The highest BCUT2D eigenvalue weighted by atomic mass is 16.2. The quantitative estimate of drug-likeness (QED) is 0.0890. The Hall–Kier alpha value is -4.78. The third kappa shape index (κ3) is 9.85. The van der Waals surface area contributed by atoms with Crippen LogP contribution in [0.2, 0.25) is 0 Å². The number of carbonyl (C=O) groups is 4. The fourth-order valence-electron chi connectivity index (χ4n) is 6.23. The molecule has 2 aliphatic heterocycles. The van der Waals surface area contributed by atoms with Crippen LogP contribution in [-0.2, 0) is 36.8 Å². The molecule has 47 heavy (non-hydrogen) atoms. The lowest BCUT2D eigenvalue weighted by Gasteiger charge is -2.33. The van der Waals surface area contributed by atoms with Gasteiger partial charge in [0.25, 0.3) is 0 Å². The van der Waals surface area contributed by atoms with Crippen molar-refractivity contribution in [2.24, 2.45) is 11.5 Å². The second-order valence-electron chi connectivity index (χ2n) is 12.1. The van der Waals surface area contributed by atoms with Crippen molar-refractivity contribution in [3.8, 4) is 0 Å². The first-order chi connectivity index (χ1) is 22.7. The van der Waals surface area contributed by atoms with Gasteiger partial charge in [0.15, 0.2) is 5.96 Å². The second-order valence-corrected chi connectivity index (χ2v) is 12.1. The monoisotopic (exact) mass is 645 g/mol. The van der Waals surface area contributed by atoms with Gasteiger partial charge in [-0.05, 0) is 56.1 Å². The zero-order valence-corrected chi connectivity index (χ0v) is 26.5. The number of amides is 4. The van der Waals surface area contributed by atoms with E-state index < -0.39 is 42.0 Å². The van der Waals surface area contributed by atoms with Crippen molar-refractivity contribution in [2.45, 2.75) is 81.6 Å². The molecule has 0 spiro atoms. The summed E-state index contributed by atoms with van der Waals surface area (Å²) in [5, 5.41) is 15.4. The first kappa shape index (κ1) is 35.1. The van der Waals surface area contributed by atoms with E-state index in [-0.39, 0.29) is 24.2 Å². The van der Waals surface area contributed by atoms with Gasteiger partial charge in [-0.15, -0.1) is 0 Å². The van der Waals surface area contributed by atoms with Crippen molar-refractivity contribution >= 4 is 35.9 Å². The smallest absolute Gasteiger partial charge is 0.246 e. The number of guanidine groups is 1. The van der Waals surface area contributed by atoms with E-state index in [1.165, 1.54) is 9.80 Å². The van der Waals surface area contributed by atoms with E-state index in [2.05, 4.69) is 16.0 Å². The van der Waals surface area contributed by atoms with Crippen molar-refractivity contribution in [1.29, 1.82) is 5.41 Å². The van der Waals surface area contributed by atoms with Crippen LogP contribution in [0.5, 0.6) is 0 Å². The minimum Gasteiger partial charge on any atom is -0.370 e. The summed E-state index contributed by atoms with van der Waals surface area (Å²) >= 11 is 0. The van der Waals surface area contributed by atoms with Crippen molar-refractivity contribution in [2.75, 3.05) is 19.6 Å². The molecule has 0 saturated carbocycles. The van der Waals surface area contributed by atoms with Gasteiger partial charge >= 0.3 is 0 Å². The molecule has 0 aliphatic carbocycles. The Morgan fingerprint density at radius 3 is 2.09 bits per heavy atom. The van der Waals surface area contributed by atoms with Crippen molar-refractivity contribution in [3.63, 3.8) is 0 Å². The van der Waals surface area contributed by atoms with Crippen molar-refractivity contribution in [1.82, 2.24) is 25.8 Å². The summed E-state index contributed by atoms with van der Waals surface area (Å²) in [6, 6.07) is 14.5. The minimum atomic E-state index is -0.945. The van der Waals surface area contributed by atoms with E-state index in [4.69, 9.17) is 16.9 Å². The van der Waals surface area contributed by atoms with Gasteiger partial charge in [-0.25, -0.2) is 0 Å². The third-order valence-electron chi connectivity index (χ3n) is 8.64. The Morgan fingerprint density at radius 1 is 0.872 bits per heavy atom. The predicted octanol–water partition coefficient (Wildman–Crippen LogP) is 0.124. The number of carbonyl (C=O) groups excluding carboxylic acids is 5. The summed E-state index contributed by atoms with van der Waals surface area (Å²) in [5.74, 6) is -1.78. The highest BCUT2D eigenvalue weighted by Crippen LogP contribution is 2.26. The zero-order chi connectivity index (χ0) is 33.8. The lowest BCUT2D eigenvalue weighted by Crippen LogP contribution is -2.58. The lowest BCUT2D eigenvalue weighted by atomic mass is 10.0. The van der Waals surface area contributed by atoms with Crippen LogP contribution in [0.1, 0.15) is 49.7 Å². The van der Waals surface area contributed by atoms with Gasteiger partial charge in [0, 0.05) is 26.1 Å². The van der Waals surface area contributed by atoms with Gasteiger partial charge < -0.3 is 37.2 Å². The molecule has 2 fully saturated rings. The molecule has 0 bridgehead atoms. The molecule has 5 atom stereocenters. The highest BCUT2D eigenvalue weighted by Gasteiger charge is 2.44. The molecular weight excluding hydrogens is 600 g/mol. The van der Waals surface area contributed by atoms with Crippen LogP contribution in [0.15, 0.2) is 60.7 Å². The van der Waals surface area contributed by atoms with E-state index in [9.17, 15) is 24.0 Å². The molecule has 0 aromatic heterocycles. The summed E-state index contributed by atoms with van der Waals surface area (Å²) in [7, 11) is 0. The average Bonchev–Trinajstić information content (AvgIpc) is 3.77. The molecule has 4 amide bonds. The Bertz CT molecular complexity index is 1390. The van der Waals surface area contributed by atoms with E-state index >= 15 is 0 Å². The molecule has 1 radical (unpaired) electrons. The van der Waals surface area contributed by atoms with Gasteiger partial charge in [-0.3, -0.25) is 29.4 Å². The molecule has 2 saturated heterocycles. The van der Waals surface area contributed by atoms with E-state index in [1.54, 1.807) is 0 Å². The molecule has 251 valence electrons. The summed E-state index contributed by atoms with van der Waals surface area (Å²) in [5.41, 5.74) is 13.3. The molecular formula is C34H45N8O5. The summed E-state index contributed by atoms with van der Waals surface area (Å²) in [6.45, 7) is 1.06. The first-order valence-corrected chi connectivity index (χ1v) is 16.2. The number of hydrogen-bond donors (Lipinski definition) is 6. The van der Waals surface area contributed by atoms with Crippen LogP contribution < -0.4 is 27.4 Å². The Labute approximate surface area is 275 Å². The summed E-state index contributed by atoms with van der Waals surface area (Å²) in [4.78, 5) is 69.1. The highest BCUT2D eigenvalue weighted by molar-refractivity contribution is 5.96. The standard InChI is InChI=1S/C34H45N8O5/c35-26(20-23-10-3-1-4-11-23)30(44)40-27(21-24-12-5-2-6-13-24)32(46)42-19-9-16-29(42)33(47)41-18-8-15-28(41)31(45)39-25(22-43)14-7-17-38-34(36)37/h1-6,10-13,25-29H,7-9,14-21,35H2,(H,39,45)(H,40,44)(H4,36,37,38)/t25-,26-,27-,28-,29-/m0/s1. The Balaban J connectivity index is 1.43. The maximum Gasteiger partial charge on any atom is 0.246 e. The number of hydrogen-bond acceptors (Lipinski definition) is 7. The average molecular weight is 646 g/mol. The number of benzene rings is 2. The van der Waals surface area contributed by atoms with Gasteiger partial charge in [-0.1, -0.05) is 60.7 Å². The van der Waals surface area contributed by atoms with Crippen LogP contribution in [0.4, 0.5) is 0 Å². The SMILES string of the molecule is N=C(N)NCCC[C@@H]([C]=O)NC(=O)[C@@H]1CCCN1C(=O)[C@@H]1CCCN1C(=O)[C@H](Cc1ccccc1)NC(=O)[C@@H](N)Cc1ccccc1. The van der Waals surface area contributed by atoms with Gasteiger partial charge in [-0.2, -0.15) is 0 Å². The van der Waals surface area contributed by atoms with Gasteiger partial charge in [0.05, 0.1) is 12.1 Å². The van der Waals surface area contributed by atoms with Gasteiger partial charge in [0.1, 0.15) is 18.1 Å². The van der Waals surface area contributed by atoms with Gasteiger partial charge in [0.2, 0.25) is 29.9 Å². The lowest BCUT2D eigenvalue weighted by molar-refractivity contribution is -0.148. The summed E-state index contributed by atoms with van der Waals surface area (Å²) in [6.07, 6.45) is 5.21. The maximum absolute atomic E-state index is 14.1. The molecule has 13 nitrogen and oxygen atoms in total. The molecule has 0 unspecified atom stereocenters. The largest absolute Gasteiger partial charge is 0.370 e. The number of nitrogens with two attached hydrogens (primary N) is 2. The molecule has 2 aliphatic rings. The number of nitrogens with one attached hydrogen (secondary N) is 4. The molecule has 2 aromatic rings. The van der Waals surface area contributed by atoms with Crippen LogP contribution in [0, 0.1) is 5.41 Å². The predicted molar refractivity (Wildman–Crippen MR) is 176 cm³/mol. The zero-order valence-electron chi connectivity index (χ0n) is 26.5. The van der Waals surface area contributed by atoms with Crippen LogP contribution in [-0.4, -0.2) is 95.5 Å². The first-order valence-electron chi connectivity index (χ1n) is 16.2. The van der Waals surface area contributed by atoms with E-state index in [0.29, 0.717) is 64.6 Å². The van der Waals surface area contributed by atoms with Crippen LogP contribution in [0.25, 0.3) is 0 Å². The topological polar surface area (TPSA) is 204 Å². The number of nitrogens with zero attached hydrogens (tertiary/aromatic N) is 2. The Morgan fingerprint density at radius 2 is 1.47 bits per heavy atom. The fraction of sp³-hybridized carbons (Fsp3) is 0.471. The maximum atomic E-state index is 14.1. The molecule has 2 heterocycles. The molecule has 2 aromatic carbocycles. The molecule has 4 rings (SSSR count). The second kappa shape index (κ2) is 17.2.